The largest absolute Gasteiger partial charge is 0.394 e. The van der Waals surface area contributed by atoms with E-state index in [9.17, 15) is 5.11 Å². The summed E-state index contributed by atoms with van der Waals surface area (Å²) in [4.78, 5) is 0. The molecule has 4 nitrogen and oxygen atoms in total. The van der Waals surface area contributed by atoms with Gasteiger partial charge in [0.15, 0.2) is 0 Å². The maximum Gasteiger partial charge on any atom is 0.122 e. The van der Waals surface area contributed by atoms with E-state index < -0.39 is 17.8 Å². The maximum atomic E-state index is 9.66. The molecule has 0 radical (unpaired) electrons. The van der Waals surface area contributed by atoms with Crippen LogP contribution in [0.15, 0.2) is 0 Å². The maximum absolute atomic E-state index is 9.66. The Balaban J connectivity index is 2.80. The van der Waals surface area contributed by atoms with Crippen molar-refractivity contribution in [1.82, 2.24) is 0 Å². The Morgan fingerprint density at radius 2 is 2.17 bits per heavy atom. The summed E-state index contributed by atoms with van der Waals surface area (Å²) in [5.41, 5.74) is -0.784. The zero-order chi connectivity index (χ0) is 9.35. The topological polar surface area (TPSA) is 58.9 Å². The van der Waals surface area contributed by atoms with Gasteiger partial charge in [-0.15, -0.1) is 0 Å². The summed E-state index contributed by atoms with van der Waals surface area (Å²) in [6.07, 6.45) is -1.40. The van der Waals surface area contributed by atoms with E-state index in [-0.39, 0.29) is 12.7 Å². The van der Waals surface area contributed by atoms with Gasteiger partial charge in [0.25, 0.3) is 0 Å². The van der Waals surface area contributed by atoms with Gasteiger partial charge in [0.1, 0.15) is 17.8 Å². The molecule has 1 rings (SSSR count). The van der Waals surface area contributed by atoms with E-state index >= 15 is 0 Å². The van der Waals surface area contributed by atoms with E-state index in [4.69, 9.17) is 14.6 Å². The van der Waals surface area contributed by atoms with Crippen molar-refractivity contribution in [3.05, 3.63) is 0 Å². The van der Waals surface area contributed by atoms with Gasteiger partial charge in [-0.2, -0.15) is 0 Å². The molecular formula is C8H16O4. The molecule has 0 saturated carbocycles. The number of methoxy groups -OCH3 is 1. The molecule has 0 spiro atoms. The van der Waals surface area contributed by atoms with Crippen molar-refractivity contribution in [2.45, 2.75) is 37.8 Å². The molecule has 0 amide bonds. The predicted octanol–water partition coefficient (Wildman–Crippen LogP) is -0.468. The molecule has 0 aromatic heterocycles. The van der Waals surface area contributed by atoms with E-state index in [1.807, 2.05) is 0 Å². The van der Waals surface area contributed by atoms with E-state index in [0.29, 0.717) is 0 Å². The molecule has 4 heteroatoms. The smallest absolute Gasteiger partial charge is 0.122 e. The monoisotopic (exact) mass is 176 g/mol. The van der Waals surface area contributed by atoms with Gasteiger partial charge in [0.2, 0.25) is 0 Å². The highest BCUT2D eigenvalue weighted by atomic mass is 16.6. The highest BCUT2D eigenvalue weighted by Crippen LogP contribution is 2.33. The molecule has 1 heterocycles. The van der Waals surface area contributed by atoms with E-state index in [1.165, 1.54) is 7.11 Å². The lowest BCUT2D eigenvalue weighted by Crippen LogP contribution is -2.48. The fourth-order valence-electron chi connectivity index (χ4n) is 1.60. The third-order valence-corrected chi connectivity index (χ3v) is 2.66. The van der Waals surface area contributed by atoms with Crippen molar-refractivity contribution >= 4 is 0 Å². The van der Waals surface area contributed by atoms with Crippen LogP contribution >= 0.6 is 0 Å². The average Bonchev–Trinajstić information content (AvgIpc) is 2.30. The van der Waals surface area contributed by atoms with Crippen LogP contribution in [-0.4, -0.2) is 47.8 Å². The first kappa shape index (κ1) is 9.92. The summed E-state index contributed by atoms with van der Waals surface area (Å²) in [6, 6.07) is 0. The van der Waals surface area contributed by atoms with Crippen molar-refractivity contribution in [3.63, 3.8) is 0 Å². The molecule has 0 aromatic carbocycles. The van der Waals surface area contributed by atoms with Crippen molar-refractivity contribution < 1.29 is 19.7 Å². The Morgan fingerprint density at radius 1 is 1.58 bits per heavy atom. The van der Waals surface area contributed by atoms with Gasteiger partial charge in [0.05, 0.1) is 12.7 Å². The third-order valence-electron chi connectivity index (χ3n) is 2.66. The average molecular weight is 176 g/mol. The van der Waals surface area contributed by atoms with E-state index in [0.717, 1.165) is 0 Å². The van der Waals surface area contributed by atoms with Gasteiger partial charge in [-0.1, -0.05) is 0 Å². The number of hydrogen-bond donors (Lipinski definition) is 2. The number of ether oxygens (including phenoxy) is 2. The Kier molecular flexibility index (Phi) is 2.73. The van der Waals surface area contributed by atoms with Crippen molar-refractivity contribution in [1.29, 1.82) is 0 Å². The van der Waals surface area contributed by atoms with Crippen LogP contribution in [0.1, 0.15) is 13.8 Å². The molecule has 0 unspecified atom stereocenters. The Labute approximate surface area is 72.1 Å². The fourth-order valence-corrected chi connectivity index (χ4v) is 1.60. The first-order valence-corrected chi connectivity index (χ1v) is 4.05. The normalized spacial score (nSPS) is 48.2. The zero-order valence-corrected chi connectivity index (χ0v) is 7.65. The van der Waals surface area contributed by atoms with Crippen molar-refractivity contribution in [2.75, 3.05) is 13.7 Å². The molecule has 72 valence electrons. The molecule has 1 fully saturated rings. The molecule has 2 N–H and O–H groups in total. The van der Waals surface area contributed by atoms with Gasteiger partial charge < -0.3 is 19.7 Å². The minimum Gasteiger partial charge on any atom is -0.394 e. The first-order chi connectivity index (χ1) is 5.56. The number of aliphatic hydroxyl groups is 2. The fraction of sp³-hybridized carbons (Fsp3) is 1.00. The highest BCUT2D eigenvalue weighted by Gasteiger charge is 2.51. The van der Waals surface area contributed by atoms with Crippen LogP contribution in [0.2, 0.25) is 0 Å². The molecule has 1 saturated heterocycles. The summed E-state index contributed by atoms with van der Waals surface area (Å²) >= 11 is 0. The van der Waals surface area contributed by atoms with Crippen LogP contribution in [0, 0.1) is 0 Å². The van der Waals surface area contributed by atoms with E-state index in [2.05, 4.69) is 0 Å². The standard InChI is InChI=1S/C8H16O4/c1-5-7(10)8(2,11-3)6(4-9)12-5/h5-7,9-10H,4H2,1-3H3/t5-,6+,7-,8+/m0/s1. The Morgan fingerprint density at radius 3 is 2.50 bits per heavy atom. The second kappa shape index (κ2) is 3.30. The first-order valence-electron chi connectivity index (χ1n) is 4.05. The third kappa shape index (κ3) is 1.25. The second-order valence-electron chi connectivity index (χ2n) is 3.35. The van der Waals surface area contributed by atoms with Gasteiger partial charge in [0, 0.05) is 7.11 Å². The molecular weight excluding hydrogens is 160 g/mol. The lowest BCUT2D eigenvalue weighted by molar-refractivity contribution is -0.105. The minimum atomic E-state index is -0.784. The Bertz CT molecular complexity index is 161. The lowest BCUT2D eigenvalue weighted by Gasteiger charge is -2.29. The van der Waals surface area contributed by atoms with Crippen LogP contribution in [0.4, 0.5) is 0 Å². The lowest BCUT2D eigenvalue weighted by atomic mass is 9.93. The van der Waals surface area contributed by atoms with Gasteiger partial charge in [-0.3, -0.25) is 0 Å². The predicted molar refractivity (Wildman–Crippen MR) is 42.8 cm³/mol. The van der Waals surface area contributed by atoms with Crippen LogP contribution in [-0.2, 0) is 9.47 Å². The molecule has 12 heavy (non-hydrogen) atoms. The van der Waals surface area contributed by atoms with Crippen LogP contribution in [0.3, 0.4) is 0 Å². The molecule has 0 aliphatic carbocycles. The van der Waals surface area contributed by atoms with Crippen LogP contribution in [0.5, 0.6) is 0 Å². The summed E-state index contributed by atoms with van der Waals surface area (Å²) in [5, 5.41) is 18.6. The number of hydrogen-bond acceptors (Lipinski definition) is 4. The van der Waals surface area contributed by atoms with Crippen LogP contribution in [0.25, 0.3) is 0 Å². The van der Waals surface area contributed by atoms with Gasteiger partial charge in [-0.25, -0.2) is 0 Å². The molecule has 0 aromatic rings. The second-order valence-corrected chi connectivity index (χ2v) is 3.35. The SMILES string of the molecule is CO[C@]1(C)[C@@H](CO)O[C@@H](C)[C@@H]1O. The number of rotatable bonds is 2. The minimum absolute atomic E-state index is 0.133. The summed E-state index contributed by atoms with van der Waals surface area (Å²) < 4.78 is 10.5. The summed E-state index contributed by atoms with van der Waals surface area (Å²) in [7, 11) is 1.51. The van der Waals surface area contributed by atoms with Gasteiger partial charge >= 0.3 is 0 Å². The van der Waals surface area contributed by atoms with Crippen LogP contribution < -0.4 is 0 Å². The Hall–Kier alpha value is -0.160. The summed E-state index contributed by atoms with van der Waals surface area (Å²) in [6.45, 7) is 3.37. The summed E-state index contributed by atoms with van der Waals surface area (Å²) in [5.74, 6) is 0. The van der Waals surface area contributed by atoms with Gasteiger partial charge in [-0.05, 0) is 13.8 Å². The quantitative estimate of drug-likeness (QED) is 0.597. The molecule has 1 aliphatic rings. The molecule has 0 bridgehead atoms. The highest BCUT2D eigenvalue weighted by molar-refractivity contribution is 5.00. The van der Waals surface area contributed by atoms with Crippen molar-refractivity contribution in [2.24, 2.45) is 0 Å². The zero-order valence-electron chi connectivity index (χ0n) is 7.65. The van der Waals surface area contributed by atoms with E-state index in [1.54, 1.807) is 13.8 Å². The molecule has 1 aliphatic heterocycles. The molecule has 4 atom stereocenters. The number of aliphatic hydroxyl groups excluding tert-OH is 2. The van der Waals surface area contributed by atoms with Crippen molar-refractivity contribution in [3.8, 4) is 0 Å².